The predicted octanol–water partition coefficient (Wildman–Crippen LogP) is 18.6. The van der Waals surface area contributed by atoms with Gasteiger partial charge in [-0.15, -0.1) is 0 Å². The van der Waals surface area contributed by atoms with Crippen molar-refractivity contribution in [2.24, 2.45) is 0 Å². The van der Waals surface area contributed by atoms with Crippen LogP contribution in [0.25, 0.3) is 131 Å². The van der Waals surface area contributed by atoms with Crippen molar-refractivity contribution in [1.82, 2.24) is 0 Å². The summed E-state index contributed by atoms with van der Waals surface area (Å²) >= 11 is 0. The second-order valence-corrected chi connectivity index (χ2v) is 17.5. The van der Waals surface area contributed by atoms with E-state index >= 15 is 0 Å². The molecule has 306 valence electrons. The molecular weight excluding hydrogens is 793 g/mol. The van der Waals surface area contributed by atoms with Gasteiger partial charge in [-0.3, -0.25) is 0 Å². The standard InChI is InChI=1S/C66H42/c1-2-18-43(19-3-1)65-58-32-12-14-34-60(58)66(61-35-15-13-33-59(61)65)50-36-37-53(44-22-16-24-46(38-44)63-40-48-20-4-6-26-51(48)54-28-8-10-30-56(54)63)62(42-50)45-23-17-25-47(39-45)64-41-49-21-5-7-27-52(49)55-29-9-11-31-57(55)64/h1-42H. The molecule has 0 spiro atoms. The van der Waals surface area contributed by atoms with Crippen LogP contribution in [0.3, 0.4) is 0 Å². The molecule has 0 nitrogen and oxygen atoms in total. The Hall–Kier alpha value is -8.58. The van der Waals surface area contributed by atoms with E-state index < -0.39 is 0 Å². The van der Waals surface area contributed by atoms with Crippen LogP contribution >= 0.6 is 0 Å². The molecule has 0 heteroatoms. The summed E-state index contributed by atoms with van der Waals surface area (Å²) in [6.07, 6.45) is 0. The molecule has 0 saturated heterocycles. The van der Waals surface area contributed by atoms with Gasteiger partial charge in [0.15, 0.2) is 0 Å². The molecule has 0 aliphatic rings. The van der Waals surface area contributed by atoms with Gasteiger partial charge in [0.05, 0.1) is 0 Å². The number of hydrogen-bond acceptors (Lipinski definition) is 0. The van der Waals surface area contributed by atoms with E-state index in [9.17, 15) is 0 Å². The third-order valence-corrected chi connectivity index (χ3v) is 13.8. The van der Waals surface area contributed by atoms with Gasteiger partial charge >= 0.3 is 0 Å². The molecule has 13 aromatic carbocycles. The van der Waals surface area contributed by atoms with Crippen molar-refractivity contribution in [3.8, 4) is 66.8 Å². The second-order valence-electron chi connectivity index (χ2n) is 17.5. The summed E-state index contributed by atoms with van der Waals surface area (Å²) in [5, 5.41) is 15.1. The Kier molecular flexibility index (Phi) is 8.96. The van der Waals surface area contributed by atoms with Crippen LogP contribution in [0.1, 0.15) is 0 Å². The molecule has 0 radical (unpaired) electrons. The van der Waals surface area contributed by atoms with E-state index in [0.29, 0.717) is 0 Å². The summed E-state index contributed by atoms with van der Waals surface area (Å²) in [6.45, 7) is 0. The molecule has 66 heavy (non-hydrogen) atoms. The van der Waals surface area contributed by atoms with Crippen molar-refractivity contribution in [2.75, 3.05) is 0 Å². The Morgan fingerprint density at radius 1 is 0.152 bits per heavy atom. The van der Waals surface area contributed by atoms with E-state index in [2.05, 4.69) is 255 Å². The zero-order valence-electron chi connectivity index (χ0n) is 36.2. The van der Waals surface area contributed by atoms with Crippen molar-refractivity contribution in [2.45, 2.75) is 0 Å². The highest BCUT2D eigenvalue weighted by atomic mass is 14.2. The molecule has 13 rings (SSSR count). The van der Waals surface area contributed by atoms with E-state index in [4.69, 9.17) is 0 Å². The minimum Gasteiger partial charge on any atom is -0.0622 e. The Labute approximate surface area is 384 Å². The number of hydrogen-bond donors (Lipinski definition) is 0. The first kappa shape index (κ1) is 37.9. The Balaban J connectivity index is 1.06. The highest BCUT2D eigenvalue weighted by Crippen LogP contribution is 2.47. The Morgan fingerprint density at radius 3 is 0.985 bits per heavy atom. The van der Waals surface area contributed by atoms with Gasteiger partial charge in [-0.2, -0.15) is 0 Å². The second kappa shape index (κ2) is 15.6. The van der Waals surface area contributed by atoms with Gasteiger partial charge in [0, 0.05) is 0 Å². The molecule has 0 atom stereocenters. The van der Waals surface area contributed by atoms with Crippen molar-refractivity contribution in [1.29, 1.82) is 0 Å². The molecule has 0 heterocycles. The summed E-state index contributed by atoms with van der Waals surface area (Å²) < 4.78 is 0. The van der Waals surface area contributed by atoms with Crippen molar-refractivity contribution in [3.63, 3.8) is 0 Å². The third kappa shape index (κ3) is 6.22. The number of benzene rings is 13. The number of rotatable bonds is 6. The maximum Gasteiger partial charge on any atom is -0.00261 e. The lowest BCUT2D eigenvalue weighted by atomic mass is 9.83. The minimum absolute atomic E-state index is 1.18. The highest BCUT2D eigenvalue weighted by molar-refractivity contribution is 6.22. The zero-order valence-corrected chi connectivity index (χ0v) is 36.2. The lowest BCUT2D eigenvalue weighted by molar-refractivity contribution is 1.57. The average molecular weight is 835 g/mol. The van der Waals surface area contributed by atoms with Crippen LogP contribution in [0, 0.1) is 0 Å². The summed E-state index contributed by atoms with van der Waals surface area (Å²) in [6, 6.07) is 94.3. The molecule has 0 N–H and O–H groups in total. The van der Waals surface area contributed by atoms with Crippen molar-refractivity contribution in [3.05, 3.63) is 255 Å². The van der Waals surface area contributed by atoms with Crippen LogP contribution in [0.2, 0.25) is 0 Å². The maximum atomic E-state index is 2.46. The Bertz CT molecular complexity index is 3980. The molecule has 0 saturated carbocycles. The van der Waals surface area contributed by atoms with Crippen LogP contribution in [-0.4, -0.2) is 0 Å². The van der Waals surface area contributed by atoms with E-state index in [1.165, 1.54) is 131 Å². The SMILES string of the molecule is c1ccc(-c2c3ccccc3c(-c3ccc(-c4cccc(-c5cc6ccccc6c6ccccc56)c4)c(-c4cccc(-c5cc6ccccc6c6ccccc56)c4)c3)c3ccccc23)cc1. The lowest BCUT2D eigenvalue weighted by Gasteiger charge is -2.20. The van der Waals surface area contributed by atoms with Gasteiger partial charge in [-0.05, 0) is 162 Å². The molecule has 0 bridgehead atoms. The normalized spacial score (nSPS) is 11.6. The first-order valence-corrected chi connectivity index (χ1v) is 22.9. The highest BCUT2D eigenvalue weighted by Gasteiger charge is 2.20. The quantitative estimate of drug-likeness (QED) is 0.116. The molecule has 0 aliphatic heterocycles. The average Bonchev–Trinajstić information content (AvgIpc) is 3.40. The van der Waals surface area contributed by atoms with Crippen LogP contribution in [0.5, 0.6) is 0 Å². The van der Waals surface area contributed by atoms with Crippen LogP contribution in [0.4, 0.5) is 0 Å². The smallest absolute Gasteiger partial charge is 0.00261 e. The first-order chi connectivity index (χ1) is 32.7. The van der Waals surface area contributed by atoms with Crippen molar-refractivity contribution >= 4 is 64.6 Å². The van der Waals surface area contributed by atoms with E-state index in [1.807, 2.05) is 0 Å². The largest absolute Gasteiger partial charge is 0.0622 e. The fourth-order valence-corrected chi connectivity index (χ4v) is 10.8. The monoisotopic (exact) mass is 834 g/mol. The molecule has 0 aliphatic carbocycles. The van der Waals surface area contributed by atoms with Gasteiger partial charge in [-0.25, -0.2) is 0 Å². The fourth-order valence-electron chi connectivity index (χ4n) is 10.8. The van der Waals surface area contributed by atoms with E-state index in [0.717, 1.165) is 0 Å². The van der Waals surface area contributed by atoms with Gasteiger partial charge in [0.1, 0.15) is 0 Å². The zero-order chi connectivity index (χ0) is 43.6. The van der Waals surface area contributed by atoms with E-state index in [1.54, 1.807) is 0 Å². The molecule has 13 aromatic rings. The molecule has 0 amide bonds. The summed E-state index contributed by atoms with van der Waals surface area (Å²) in [5.74, 6) is 0. The summed E-state index contributed by atoms with van der Waals surface area (Å²) in [7, 11) is 0. The summed E-state index contributed by atoms with van der Waals surface area (Å²) in [4.78, 5) is 0. The van der Waals surface area contributed by atoms with Gasteiger partial charge in [-0.1, -0.05) is 224 Å². The molecule has 0 fully saturated rings. The van der Waals surface area contributed by atoms with Crippen molar-refractivity contribution < 1.29 is 0 Å². The van der Waals surface area contributed by atoms with Gasteiger partial charge in [0.25, 0.3) is 0 Å². The third-order valence-electron chi connectivity index (χ3n) is 13.8. The van der Waals surface area contributed by atoms with E-state index in [-0.39, 0.29) is 0 Å². The van der Waals surface area contributed by atoms with Gasteiger partial charge in [0.2, 0.25) is 0 Å². The fraction of sp³-hybridized carbons (Fsp3) is 0. The van der Waals surface area contributed by atoms with Crippen LogP contribution in [0.15, 0.2) is 255 Å². The molecule has 0 aromatic heterocycles. The van der Waals surface area contributed by atoms with Crippen LogP contribution in [-0.2, 0) is 0 Å². The minimum atomic E-state index is 1.18. The molecule has 0 unspecified atom stereocenters. The summed E-state index contributed by atoms with van der Waals surface area (Å²) in [5.41, 5.74) is 14.6. The topological polar surface area (TPSA) is 0 Å². The van der Waals surface area contributed by atoms with Gasteiger partial charge < -0.3 is 0 Å². The number of fused-ring (bicyclic) bond motifs is 8. The Morgan fingerprint density at radius 2 is 0.500 bits per heavy atom. The molecular formula is C66H42. The first-order valence-electron chi connectivity index (χ1n) is 22.9. The lowest BCUT2D eigenvalue weighted by Crippen LogP contribution is -1.93. The van der Waals surface area contributed by atoms with Crippen LogP contribution < -0.4 is 0 Å². The predicted molar refractivity (Wildman–Crippen MR) is 284 cm³/mol. The maximum absolute atomic E-state index is 2.46.